The number of aromatic nitrogens is 1. The maximum atomic E-state index is 2.60. The molecule has 0 aliphatic heterocycles. The summed E-state index contributed by atoms with van der Waals surface area (Å²) >= 11 is 1.91. The first-order chi connectivity index (χ1) is 15.9. The molecule has 0 saturated heterocycles. The van der Waals surface area contributed by atoms with Gasteiger partial charge in [-0.25, -0.2) is 0 Å². The average Bonchev–Trinajstić information content (AvgIpc) is 3.18. The van der Waals surface area contributed by atoms with E-state index in [0.29, 0.717) is 0 Å². The van der Waals surface area contributed by atoms with E-state index in [-0.39, 0.29) is 5.41 Å². The third kappa shape index (κ3) is 3.75. The first-order valence-electron chi connectivity index (χ1n) is 12.3. The van der Waals surface area contributed by atoms with Gasteiger partial charge in [0.1, 0.15) is 11.2 Å². The lowest BCUT2D eigenvalue weighted by Gasteiger charge is -2.24. The number of hydrogen-bond donors (Lipinski definition) is 0. The lowest BCUT2D eigenvalue weighted by molar-refractivity contribution is -0.659. The lowest BCUT2D eigenvalue weighted by atomic mass is 9.80. The Morgan fingerprint density at radius 1 is 0.758 bits per heavy atom. The Labute approximate surface area is 201 Å². The molecule has 2 heterocycles. The maximum Gasteiger partial charge on any atom is 0.231 e. The molecule has 0 radical (unpaired) electrons. The molecule has 0 atom stereocenters. The van der Waals surface area contributed by atoms with Crippen LogP contribution in [0, 0.1) is 0 Å². The molecule has 5 rings (SSSR count). The second-order valence-corrected chi connectivity index (χ2v) is 11.3. The van der Waals surface area contributed by atoms with Crippen LogP contribution >= 0.6 is 11.3 Å². The maximum absolute atomic E-state index is 2.60. The zero-order valence-electron chi connectivity index (χ0n) is 20.5. The van der Waals surface area contributed by atoms with Crippen molar-refractivity contribution in [1.29, 1.82) is 0 Å². The van der Waals surface area contributed by atoms with Crippen molar-refractivity contribution in [2.24, 2.45) is 0 Å². The van der Waals surface area contributed by atoms with Crippen LogP contribution in [-0.2, 0) is 18.4 Å². The number of hydrogen-bond acceptors (Lipinski definition) is 1. The lowest BCUT2D eigenvalue weighted by Crippen LogP contribution is -2.37. The third-order valence-corrected chi connectivity index (χ3v) is 7.86. The number of nitrogens with zero attached hydrogens (tertiary/aromatic N) is 1. The number of aryl methyl sites for hydroxylation is 2. The van der Waals surface area contributed by atoms with Gasteiger partial charge in [-0.1, -0.05) is 77.4 Å². The number of fused-ring (bicyclic) bond motifs is 4. The number of pyridine rings is 1. The van der Waals surface area contributed by atoms with E-state index in [0.717, 1.165) is 25.8 Å². The van der Waals surface area contributed by atoms with Gasteiger partial charge in [0.2, 0.25) is 11.2 Å². The van der Waals surface area contributed by atoms with E-state index in [1.807, 2.05) is 11.3 Å². The monoisotopic (exact) mass is 452 g/mol. The van der Waals surface area contributed by atoms with Gasteiger partial charge in [-0.3, -0.25) is 0 Å². The van der Waals surface area contributed by atoms with E-state index >= 15 is 0 Å². The largest absolute Gasteiger partial charge is 0.231 e. The first kappa shape index (κ1) is 22.1. The normalized spacial score (nSPS) is 12.3. The molecule has 1 nitrogen and oxygen atoms in total. The van der Waals surface area contributed by atoms with E-state index in [2.05, 4.69) is 106 Å². The molecule has 2 heteroatoms. The van der Waals surface area contributed by atoms with E-state index < -0.39 is 0 Å². The van der Waals surface area contributed by atoms with Crippen molar-refractivity contribution >= 4 is 42.4 Å². The van der Waals surface area contributed by atoms with E-state index in [1.165, 1.54) is 53.5 Å². The van der Waals surface area contributed by atoms with Crippen molar-refractivity contribution in [1.82, 2.24) is 0 Å². The summed E-state index contributed by atoms with van der Waals surface area (Å²) in [6.45, 7) is 12.6. The quantitative estimate of drug-likeness (QED) is 0.235. The molecule has 3 aromatic carbocycles. The molecule has 0 bridgehead atoms. The van der Waals surface area contributed by atoms with E-state index in [4.69, 9.17) is 0 Å². The van der Waals surface area contributed by atoms with Gasteiger partial charge in [-0.05, 0) is 58.0 Å². The van der Waals surface area contributed by atoms with Gasteiger partial charge in [0.15, 0.2) is 0 Å². The predicted octanol–water partition coefficient (Wildman–Crippen LogP) is 8.82. The Hall–Kier alpha value is -2.71. The van der Waals surface area contributed by atoms with Gasteiger partial charge >= 0.3 is 0 Å². The van der Waals surface area contributed by atoms with Gasteiger partial charge in [0.25, 0.3) is 0 Å². The summed E-state index contributed by atoms with van der Waals surface area (Å²) in [5.41, 5.74) is 7.16. The highest BCUT2D eigenvalue weighted by atomic mass is 32.1. The molecule has 0 spiro atoms. The topological polar surface area (TPSA) is 3.88 Å². The van der Waals surface area contributed by atoms with Gasteiger partial charge in [-0.2, -0.15) is 4.57 Å². The van der Waals surface area contributed by atoms with Crippen LogP contribution in [0.5, 0.6) is 0 Å². The van der Waals surface area contributed by atoms with E-state index in [9.17, 15) is 0 Å². The highest BCUT2D eigenvalue weighted by molar-refractivity contribution is 7.25. The fraction of sp³-hybridized carbons (Fsp3) is 0.323. The first-order valence-corrected chi connectivity index (χ1v) is 13.1. The zero-order chi connectivity index (χ0) is 23.2. The number of thiophene rings is 1. The standard InChI is InChI=1S/C31H34NS/c1-6-12-21-22-13-8-9-14-23(22)26(31(3,4)5)20-25(21)27-17-18-29-30(32(27)19-7-2)24-15-10-11-16-28(24)33-29/h8-11,13-18,20H,6-7,12,19H2,1-5H3/q+1. The smallest absolute Gasteiger partial charge is 0.190 e. The molecule has 33 heavy (non-hydrogen) atoms. The van der Waals surface area contributed by atoms with Crippen LogP contribution < -0.4 is 4.57 Å². The van der Waals surface area contributed by atoms with Gasteiger partial charge in [-0.15, -0.1) is 11.3 Å². The van der Waals surface area contributed by atoms with Crippen LogP contribution in [0.25, 0.3) is 42.3 Å². The van der Waals surface area contributed by atoms with Crippen LogP contribution in [0.1, 0.15) is 58.6 Å². The Kier molecular flexibility index (Phi) is 5.74. The summed E-state index contributed by atoms with van der Waals surface area (Å²) in [7, 11) is 0. The zero-order valence-corrected chi connectivity index (χ0v) is 21.4. The van der Waals surface area contributed by atoms with Crippen molar-refractivity contribution < 1.29 is 4.57 Å². The molecular formula is C31H34NS+. The minimum absolute atomic E-state index is 0.0772. The van der Waals surface area contributed by atoms with Crippen LogP contribution in [0.4, 0.5) is 0 Å². The number of rotatable bonds is 5. The Bertz CT molecular complexity index is 1470. The summed E-state index contributed by atoms with van der Waals surface area (Å²) in [5, 5.41) is 4.20. The van der Waals surface area contributed by atoms with Crippen LogP contribution in [0.15, 0.2) is 66.7 Å². The van der Waals surface area contributed by atoms with Crippen molar-refractivity contribution in [3.05, 3.63) is 77.9 Å². The molecule has 0 N–H and O–H groups in total. The molecular weight excluding hydrogens is 418 g/mol. The minimum Gasteiger partial charge on any atom is -0.190 e. The highest BCUT2D eigenvalue weighted by Gasteiger charge is 2.27. The summed E-state index contributed by atoms with van der Waals surface area (Å²) in [5.74, 6) is 0. The summed E-state index contributed by atoms with van der Waals surface area (Å²) in [4.78, 5) is 0. The molecule has 168 valence electrons. The molecule has 0 unspecified atom stereocenters. The van der Waals surface area contributed by atoms with Crippen molar-refractivity contribution in [3.63, 3.8) is 0 Å². The van der Waals surface area contributed by atoms with Crippen molar-refractivity contribution in [2.75, 3.05) is 0 Å². The molecule has 0 amide bonds. The Morgan fingerprint density at radius 3 is 2.15 bits per heavy atom. The summed E-state index contributed by atoms with van der Waals surface area (Å²) in [6, 6.07) is 25.2. The van der Waals surface area contributed by atoms with Crippen molar-refractivity contribution in [2.45, 2.75) is 65.8 Å². The predicted molar refractivity (Wildman–Crippen MR) is 145 cm³/mol. The molecule has 0 saturated carbocycles. The second-order valence-electron chi connectivity index (χ2n) is 10.2. The summed E-state index contributed by atoms with van der Waals surface area (Å²) in [6.07, 6.45) is 3.35. The molecule has 0 aliphatic carbocycles. The van der Waals surface area contributed by atoms with Gasteiger partial charge in [0, 0.05) is 17.2 Å². The fourth-order valence-corrected chi connectivity index (χ4v) is 6.41. The summed E-state index contributed by atoms with van der Waals surface area (Å²) < 4.78 is 5.35. The molecule has 0 aliphatic rings. The van der Waals surface area contributed by atoms with Crippen LogP contribution in [-0.4, -0.2) is 0 Å². The fourth-order valence-electron chi connectivity index (χ4n) is 5.30. The highest BCUT2D eigenvalue weighted by Crippen LogP contribution is 2.39. The SMILES string of the molecule is CCCc1c(-c2ccc3sc4ccccc4c3[n+]2CCC)cc(C(C)(C)C)c2ccccc12. The molecule has 5 aromatic rings. The molecule has 2 aromatic heterocycles. The van der Waals surface area contributed by atoms with E-state index in [1.54, 1.807) is 0 Å². The Balaban J connectivity index is 1.92. The second kappa shape index (κ2) is 8.57. The Morgan fingerprint density at radius 2 is 1.45 bits per heavy atom. The van der Waals surface area contributed by atoms with Gasteiger partial charge in [0.05, 0.1) is 10.9 Å². The van der Waals surface area contributed by atoms with Crippen molar-refractivity contribution in [3.8, 4) is 11.3 Å². The molecule has 0 fully saturated rings. The minimum atomic E-state index is 0.0772. The van der Waals surface area contributed by atoms with Gasteiger partial charge < -0.3 is 0 Å². The average molecular weight is 453 g/mol. The van der Waals surface area contributed by atoms with Crippen LogP contribution in [0.2, 0.25) is 0 Å². The number of benzene rings is 3. The van der Waals surface area contributed by atoms with Crippen LogP contribution in [0.3, 0.4) is 0 Å². The third-order valence-electron chi connectivity index (χ3n) is 6.74.